The molecule has 1 unspecified atom stereocenters. The highest BCUT2D eigenvalue weighted by atomic mass is 19.1. The zero-order valence-electron chi connectivity index (χ0n) is 18.7. The molecule has 0 saturated heterocycles. The average molecular weight is 423 g/mol. The molecule has 4 nitrogen and oxygen atoms in total. The Hall–Kier alpha value is -2.92. The summed E-state index contributed by atoms with van der Waals surface area (Å²) >= 11 is 0. The van der Waals surface area contributed by atoms with Crippen LogP contribution < -0.4 is 0 Å². The van der Waals surface area contributed by atoms with Crippen LogP contribution in [-0.4, -0.2) is 28.5 Å². The normalized spacial score (nSPS) is 11.4. The summed E-state index contributed by atoms with van der Waals surface area (Å²) in [5, 5.41) is 7.00. The van der Waals surface area contributed by atoms with Crippen LogP contribution in [0.4, 0.5) is 4.39 Å². The van der Waals surface area contributed by atoms with E-state index < -0.39 is 0 Å². The van der Waals surface area contributed by atoms with Gasteiger partial charge in [0.1, 0.15) is 12.1 Å². The number of aliphatic hydroxyl groups excluding tert-OH is 1. The predicted molar refractivity (Wildman–Crippen MR) is 123 cm³/mol. The molecule has 1 aromatic heterocycles. The fourth-order valence-electron chi connectivity index (χ4n) is 3.73. The van der Waals surface area contributed by atoms with E-state index >= 15 is 4.39 Å². The van der Waals surface area contributed by atoms with Gasteiger partial charge in [0.2, 0.25) is 0 Å². The predicted octanol–water partition coefficient (Wildman–Crippen LogP) is 5.90. The summed E-state index contributed by atoms with van der Waals surface area (Å²) in [6, 6.07) is 15.0. The molecule has 3 aromatic rings. The number of aryl methyl sites for hydroxylation is 2. The van der Waals surface area contributed by atoms with E-state index in [1.165, 1.54) is 0 Å². The fraction of sp³-hybridized carbons (Fsp3) is 0.346. The first kappa shape index (κ1) is 24.4. The lowest BCUT2D eigenvalue weighted by Gasteiger charge is -2.19. The number of benzene rings is 2. The highest BCUT2D eigenvalue weighted by Gasteiger charge is 2.23. The molecule has 1 N–H and O–H groups in total. The number of aldehydes is 1. The summed E-state index contributed by atoms with van der Waals surface area (Å²) < 4.78 is 15.1. The molecule has 1 heterocycles. The molecular formula is C26H31FN2O2. The van der Waals surface area contributed by atoms with E-state index in [4.69, 9.17) is 10.1 Å². The van der Waals surface area contributed by atoms with Crippen LogP contribution in [0, 0.1) is 12.7 Å². The van der Waals surface area contributed by atoms with E-state index in [2.05, 4.69) is 11.9 Å². The van der Waals surface area contributed by atoms with E-state index in [1.54, 1.807) is 12.1 Å². The summed E-state index contributed by atoms with van der Waals surface area (Å²) in [6.45, 7) is 5.98. The molecule has 0 aliphatic rings. The number of nitrogens with zero attached hydrogens (tertiary/aromatic N) is 2. The second-order valence-corrected chi connectivity index (χ2v) is 7.36. The number of halogens is 1. The molecule has 164 valence electrons. The highest BCUT2D eigenvalue weighted by molar-refractivity contribution is 5.75. The lowest BCUT2D eigenvalue weighted by molar-refractivity contribution is -0.109. The van der Waals surface area contributed by atoms with Crippen LogP contribution in [-0.2, 0) is 11.2 Å². The molecule has 0 fully saturated rings. The molecule has 31 heavy (non-hydrogen) atoms. The summed E-state index contributed by atoms with van der Waals surface area (Å²) in [5.41, 5.74) is 4.21. The molecule has 0 aliphatic heterocycles. The minimum absolute atomic E-state index is 0.310. The average Bonchev–Trinajstić information content (AvgIpc) is 2.80. The lowest BCUT2D eigenvalue weighted by Crippen LogP contribution is -2.10. The van der Waals surface area contributed by atoms with Crippen LogP contribution in [0.5, 0.6) is 0 Å². The highest BCUT2D eigenvalue weighted by Crippen LogP contribution is 2.35. The van der Waals surface area contributed by atoms with Gasteiger partial charge in [-0.3, -0.25) is 0 Å². The maximum Gasteiger partial charge on any atom is 0.160 e. The van der Waals surface area contributed by atoms with Crippen molar-refractivity contribution in [3.8, 4) is 22.6 Å². The van der Waals surface area contributed by atoms with Crippen LogP contribution in [0.25, 0.3) is 22.6 Å². The molecule has 0 amide bonds. The van der Waals surface area contributed by atoms with E-state index in [0.717, 1.165) is 55.0 Å². The molecular weight excluding hydrogens is 391 g/mol. The second-order valence-electron chi connectivity index (χ2n) is 7.36. The topological polar surface area (TPSA) is 63.1 Å². The number of aromatic nitrogens is 2. The Kier molecular flexibility index (Phi) is 9.47. The Bertz CT molecular complexity index is 990. The van der Waals surface area contributed by atoms with Gasteiger partial charge in [0, 0.05) is 35.4 Å². The van der Waals surface area contributed by atoms with Gasteiger partial charge in [0.05, 0.1) is 5.69 Å². The minimum Gasteiger partial charge on any atom is -0.400 e. The van der Waals surface area contributed by atoms with Crippen LogP contribution in [0.1, 0.15) is 55.8 Å². The van der Waals surface area contributed by atoms with Crippen molar-refractivity contribution in [2.75, 3.05) is 7.11 Å². The van der Waals surface area contributed by atoms with Crippen LogP contribution in [0.15, 0.2) is 48.5 Å². The summed E-state index contributed by atoms with van der Waals surface area (Å²) in [7, 11) is 1.00. The monoisotopic (exact) mass is 422 g/mol. The number of hydrogen-bond acceptors (Lipinski definition) is 4. The van der Waals surface area contributed by atoms with Crippen molar-refractivity contribution in [2.45, 2.75) is 52.4 Å². The number of rotatable bonds is 8. The minimum atomic E-state index is -0.352. The molecule has 0 saturated carbocycles. The van der Waals surface area contributed by atoms with Crippen molar-refractivity contribution < 1.29 is 14.3 Å². The number of carbonyl (C=O) groups is 1. The Labute approximate surface area is 184 Å². The van der Waals surface area contributed by atoms with Gasteiger partial charge < -0.3 is 9.90 Å². The van der Waals surface area contributed by atoms with Crippen molar-refractivity contribution in [3.63, 3.8) is 0 Å². The van der Waals surface area contributed by atoms with Gasteiger partial charge in [-0.1, -0.05) is 63.1 Å². The third-order valence-corrected chi connectivity index (χ3v) is 5.13. The Morgan fingerprint density at radius 1 is 1.03 bits per heavy atom. The molecule has 3 rings (SSSR count). The fourth-order valence-corrected chi connectivity index (χ4v) is 3.73. The standard InChI is InChI=1S/C25H27FN2O.CH4O/c1-4-9-18-13-14-21(22(26)15-18)24-23(20(16-29)10-5-2)17(3)27-25(28-24)19-11-7-6-8-12-19;1-2/h6-8,11-16,20H,4-5,9-10H2,1-3H3;2H,1H3. The third-order valence-electron chi connectivity index (χ3n) is 5.13. The van der Waals surface area contributed by atoms with Crippen molar-refractivity contribution in [1.29, 1.82) is 0 Å². The van der Waals surface area contributed by atoms with Crippen LogP contribution in [0.3, 0.4) is 0 Å². The van der Waals surface area contributed by atoms with Crippen molar-refractivity contribution in [3.05, 3.63) is 71.2 Å². The smallest absolute Gasteiger partial charge is 0.160 e. The molecule has 0 spiro atoms. The largest absolute Gasteiger partial charge is 0.400 e. The van der Waals surface area contributed by atoms with Gasteiger partial charge in [0.25, 0.3) is 0 Å². The summed E-state index contributed by atoms with van der Waals surface area (Å²) in [6.07, 6.45) is 4.25. The molecule has 0 radical (unpaired) electrons. The zero-order valence-corrected chi connectivity index (χ0v) is 18.7. The SMILES string of the molecule is CCCc1ccc(-c2nc(-c3ccccc3)nc(C)c2C(C=O)CCC)c(F)c1.CO. The van der Waals surface area contributed by atoms with E-state index in [9.17, 15) is 4.79 Å². The van der Waals surface area contributed by atoms with Gasteiger partial charge >= 0.3 is 0 Å². The van der Waals surface area contributed by atoms with E-state index in [0.29, 0.717) is 23.5 Å². The Morgan fingerprint density at radius 3 is 2.32 bits per heavy atom. The maximum absolute atomic E-state index is 15.1. The number of aliphatic hydroxyl groups is 1. The van der Waals surface area contributed by atoms with Crippen molar-refractivity contribution in [2.24, 2.45) is 0 Å². The van der Waals surface area contributed by atoms with Gasteiger partial charge in [-0.05, 0) is 37.5 Å². The molecule has 0 bridgehead atoms. The van der Waals surface area contributed by atoms with Crippen LogP contribution in [0.2, 0.25) is 0 Å². The molecule has 1 atom stereocenters. The quantitative estimate of drug-likeness (QED) is 0.459. The van der Waals surface area contributed by atoms with Crippen molar-refractivity contribution in [1.82, 2.24) is 9.97 Å². The molecule has 5 heteroatoms. The van der Waals surface area contributed by atoms with Gasteiger partial charge in [0.15, 0.2) is 5.82 Å². The van der Waals surface area contributed by atoms with Crippen molar-refractivity contribution >= 4 is 6.29 Å². The first-order chi connectivity index (χ1) is 15.1. The number of hydrogen-bond donors (Lipinski definition) is 1. The first-order valence-electron chi connectivity index (χ1n) is 10.7. The van der Waals surface area contributed by atoms with Gasteiger partial charge in [-0.2, -0.15) is 0 Å². The van der Waals surface area contributed by atoms with Gasteiger partial charge in [-0.25, -0.2) is 14.4 Å². The maximum atomic E-state index is 15.1. The molecule has 0 aliphatic carbocycles. The second kappa shape index (κ2) is 12.1. The summed E-state index contributed by atoms with van der Waals surface area (Å²) in [4.78, 5) is 21.3. The Balaban J connectivity index is 0.00000166. The first-order valence-corrected chi connectivity index (χ1v) is 10.7. The van der Waals surface area contributed by atoms with E-state index in [1.807, 2.05) is 50.2 Å². The van der Waals surface area contributed by atoms with E-state index in [-0.39, 0.29) is 11.7 Å². The third kappa shape index (κ3) is 5.82. The van der Waals surface area contributed by atoms with Crippen LogP contribution >= 0.6 is 0 Å². The lowest BCUT2D eigenvalue weighted by atomic mass is 9.90. The summed E-state index contributed by atoms with van der Waals surface area (Å²) in [5.74, 6) is -0.120. The molecule has 2 aromatic carbocycles. The Morgan fingerprint density at radius 2 is 1.74 bits per heavy atom. The zero-order chi connectivity index (χ0) is 22.8. The van der Waals surface area contributed by atoms with Gasteiger partial charge in [-0.15, -0.1) is 0 Å². The number of carbonyl (C=O) groups excluding carboxylic acids is 1.